The highest BCUT2D eigenvalue weighted by Gasteiger charge is 2.13. The smallest absolute Gasteiger partial charge is 0.0231 e. The molecule has 0 radical (unpaired) electrons. The molecule has 112 valence electrons. The second-order valence-corrected chi connectivity index (χ2v) is 5.90. The van der Waals surface area contributed by atoms with Gasteiger partial charge in [-0.05, 0) is 25.2 Å². The summed E-state index contributed by atoms with van der Waals surface area (Å²) in [5.41, 5.74) is 8.19. The van der Waals surface area contributed by atoms with Crippen LogP contribution in [0.15, 0.2) is 24.3 Å². The molecule has 0 unspecified atom stereocenters. The molecule has 0 atom stereocenters. The molecule has 0 amide bonds. The van der Waals surface area contributed by atoms with E-state index < -0.39 is 0 Å². The van der Waals surface area contributed by atoms with Crippen LogP contribution in [0.25, 0.3) is 0 Å². The van der Waals surface area contributed by atoms with Crippen LogP contribution < -0.4 is 5.73 Å². The van der Waals surface area contributed by atoms with E-state index in [1.165, 1.54) is 43.9 Å². The molecule has 0 aliphatic carbocycles. The molecule has 1 fully saturated rings. The molecule has 2 N–H and O–H groups in total. The van der Waals surface area contributed by atoms with Gasteiger partial charge in [-0.2, -0.15) is 0 Å². The first-order valence-corrected chi connectivity index (χ1v) is 7.54. The fourth-order valence-electron chi connectivity index (χ4n) is 2.56. The van der Waals surface area contributed by atoms with E-state index in [2.05, 4.69) is 53.1 Å². The molecule has 0 bridgehead atoms. The number of nitrogens with two attached hydrogens (primary N) is 1. The average molecular weight is 276 g/mol. The van der Waals surface area contributed by atoms with Gasteiger partial charge in [-0.3, -0.25) is 4.90 Å². The number of hydrogen-bond donors (Lipinski definition) is 1. The molecule has 4 heteroatoms. The van der Waals surface area contributed by atoms with Gasteiger partial charge in [0.15, 0.2) is 0 Å². The van der Waals surface area contributed by atoms with Gasteiger partial charge in [0.25, 0.3) is 0 Å². The molecule has 1 aromatic carbocycles. The fraction of sp³-hybridized carbons (Fsp3) is 0.625. The van der Waals surface area contributed by atoms with Crippen LogP contribution in [-0.2, 0) is 13.1 Å². The van der Waals surface area contributed by atoms with Crippen LogP contribution in [0.2, 0.25) is 0 Å². The molecular weight excluding hydrogens is 248 g/mol. The van der Waals surface area contributed by atoms with E-state index in [0.717, 1.165) is 13.1 Å². The van der Waals surface area contributed by atoms with Crippen molar-refractivity contribution in [3.63, 3.8) is 0 Å². The van der Waals surface area contributed by atoms with Crippen LogP contribution in [0.4, 0.5) is 0 Å². The van der Waals surface area contributed by atoms with Crippen molar-refractivity contribution in [2.45, 2.75) is 13.1 Å². The van der Waals surface area contributed by atoms with Gasteiger partial charge in [-0.15, -0.1) is 0 Å². The quantitative estimate of drug-likeness (QED) is 0.835. The molecule has 2 rings (SSSR count). The SMILES string of the molecule is CN1CCN(CCN(C)Cc2ccc(CN)cc2)CC1. The average Bonchev–Trinajstić information content (AvgIpc) is 2.47. The number of likely N-dealkylation sites (N-methyl/N-ethyl adjacent to an activating group) is 2. The third-order valence-electron chi connectivity index (χ3n) is 4.11. The van der Waals surface area contributed by atoms with E-state index in [1.54, 1.807) is 0 Å². The molecule has 20 heavy (non-hydrogen) atoms. The zero-order valence-electron chi connectivity index (χ0n) is 12.9. The Labute approximate surface area is 123 Å². The minimum atomic E-state index is 0.625. The molecule has 1 aromatic rings. The van der Waals surface area contributed by atoms with Gasteiger partial charge in [0, 0.05) is 52.4 Å². The highest BCUT2D eigenvalue weighted by Crippen LogP contribution is 2.07. The van der Waals surface area contributed by atoms with Gasteiger partial charge in [0.05, 0.1) is 0 Å². The predicted octanol–water partition coefficient (Wildman–Crippen LogP) is 0.825. The van der Waals surface area contributed by atoms with Gasteiger partial charge in [0.2, 0.25) is 0 Å². The van der Waals surface area contributed by atoms with Gasteiger partial charge < -0.3 is 15.5 Å². The summed E-state index contributed by atoms with van der Waals surface area (Å²) in [4.78, 5) is 7.36. The Bertz CT molecular complexity index is 382. The largest absolute Gasteiger partial charge is 0.326 e. The Morgan fingerprint density at radius 3 is 2.25 bits per heavy atom. The van der Waals surface area contributed by atoms with Crippen molar-refractivity contribution in [2.75, 3.05) is 53.4 Å². The van der Waals surface area contributed by atoms with Crippen LogP contribution >= 0.6 is 0 Å². The van der Waals surface area contributed by atoms with E-state index >= 15 is 0 Å². The summed E-state index contributed by atoms with van der Waals surface area (Å²) < 4.78 is 0. The van der Waals surface area contributed by atoms with E-state index in [9.17, 15) is 0 Å². The standard InChI is InChI=1S/C16H28N4/c1-18-7-10-20(11-8-18)12-9-19(2)14-16-5-3-15(13-17)4-6-16/h3-6H,7-14,17H2,1-2H3. The lowest BCUT2D eigenvalue weighted by atomic mass is 10.1. The topological polar surface area (TPSA) is 35.7 Å². The number of piperazine rings is 1. The van der Waals surface area contributed by atoms with Crippen molar-refractivity contribution in [1.29, 1.82) is 0 Å². The van der Waals surface area contributed by atoms with Crippen LogP contribution in [-0.4, -0.2) is 68.1 Å². The highest BCUT2D eigenvalue weighted by atomic mass is 15.3. The van der Waals surface area contributed by atoms with E-state index in [4.69, 9.17) is 5.73 Å². The summed E-state index contributed by atoms with van der Waals surface area (Å²) in [6.45, 7) is 8.74. The maximum Gasteiger partial charge on any atom is 0.0231 e. The van der Waals surface area contributed by atoms with E-state index in [1.807, 2.05) is 0 Å². The molecule has 1 saturated heterocycles. The van der Waals surface area contributed by atoms with E-state index in [-0.39, 0.29) is 0 Å². The number of nitrogens with zero attached hydrogens (tertiary/aromatic N) is 3. The highest BCUT2D eigenvalue weighted by molar-refractivity contribution is 5.22. The summed E-state index contributed by atoms with van der Waals surface area (Å²) in [6, 6.07) is 8.64. The Balaban J connectivity index is 1.70. The molecule has 1 aliphatic rings. The maximum absolute atomic E-state index is 5.62. The fourth-order valence-corrected chi connectivity index (χ4v) is 2.56. The van der Waals surface area contributed by atoms with Gasteiger partial charge in [0.1, 0.15) is 0 Å². The maximum atomic E-state index is 5.62. The predicted molar refractivity (Wildman–Crippen MR) is 84.6 cm³/mol. The molecule has 1 aliphatic heterocycles. The Kier molecular flexibility index (Phi) is 5.98. The van der Waals surface area contributed by atoms with Crippen molar-refractivity contribution in [3.8, 4) is 0 Å². The third-order valence-corrected chi connectivity index (χ3v) is 4.11. The Morgan fingerprint density at radius 2 is 1.65 bits per heavy atom. The molecule has 0 spiro atoms. The van der Waals surface area contributed by atoms with Crippen molar-refractivity contribution in [3.05, 3.63) is 35.4 Å². The van der Waals surface area contributed by atoms with Gasteiger partial charge in [-0.25, -0.2) is 0 Å². The lowest BCUT2D eigenvalue weighted by Crippen LogP contribution is -2.46. The lowest BCUT2D eigenvalue weighted by Gasteiger charge is -2.33. The minimum Gasteiger partial charge on any atom is -0.326 e. The van der Waals surface area contributed by atoms with Crippen LogP contribution in [0.1, 0.15) is 11.1 Å². The molecule has 0 saturated carbocycles. The first-order valence-electron chi connectivity index (χ1n) is 7.54. The van der Waals surface area contributed by atoms with Crippen LogP contribution in [0, 0.1) is 0 Å². The Hall–Kier alpha value is -0.940. The molecule has 0 aromatic heterocycles. The molecular formula is C16H28N4. The monoisotopic (exact) mass is 276 g/mol. The molecule has 1 heterocycles. The molecule has 4 nitrogen and oxygen atoms in total. The second kappa shape index (κ2) is 7.74. The van der Waals surface area contributed by atoms with Crippen molar-refractivity contribution < 1.29 is 0 Å². The number of rotatable bonds is 6. The number of hydrogen-bond acceptors (Lipinski definition) is 4. The summed E-state index contributed by atoms with van der Waals surface area (Å²) in [7, 11) is 4.40. The summed E-state index contributed by atoms with van der Waals surface area (Å²) in [5.74, 6) is 0. The lowest BCUT2D eigenvalue weighted by molar-refractivity contribution is 0.139. The van der Waals surface area contributed by atoms with Crippen molar-refractivity contribution >= 4 is 0 Å². The summed E-state index contributed by atoms with van der Waals surface area (Å²) in [5, 5.41) is 0. The summed E-state index contributed by atoms with van der Waals surface area (Å²) >= 11 is 0. The minimum absolute atomic E-state index is 0.625. The summed E-state index contributed by atoms with van der Waals surface area (Å²) in [6.07, 6.45) is 0. The van der Waals surface area contributed by atoms with Crippen molar-refractivity contribution in [2.24, 2.45) is 5.73 Å². The van der Waals surface area contributed by atoms with Gasteiger partial charge >= 0.3 is 0 Å². The zero-order chi connectivity index (χ0) is 14.4. The zero-order valence-corrected chi connectivity index (χ0v) is 12.9. The normalized spacial score (nSPS) is 17.8. The first-order chi connectivity index (χ1) is 9.67. The van der Waals surface area contributed by atoms with Crippen LogP contribution in [0.5, 0.6) is 0 Å². The first kappa shape index (κ1) is 15.4. The third kappa shape index (κ3) is 4.87. The number of benzene rings is 1. The van der Waals surface area contributed by atoms with Gasteiger partial charge in [-0.1, -0.05) is 24.3 Å². The second-order valence-electron chi connectivity index (χ2n) is 5.90. The van der Waals surface area contributed by atoms with Crippen LogP contribution in [0.3, 0.4) is 0 Å². The Morgan fingerprint density at radius 1 is 1.05 bits per heavy atom. The van der Waals surface area contributed by atoms with E-state index in [0.29, 0.717) is 6.54 Å². The van der Waals surface area contributed by atoms with Crippen molar-refractivity contribution in [1.82, 2.24) is 14.7 Å².